The van der Waals surface area contributed by atoms with E-state index in [1.54, 1.807) is 12.4 Å². The molecule has 1 unspecified atom stereocenters. The third kappa shape index (κ3) is 3.94. The van der Waals surface area contributed by atoms with Gasteiger partial charge in [-0.15, -0.1) is 0 Å². The normalized spacial score (nSPS) is 15.8. The first-order chi connectivity index (χ1) is 13.6. The molecule has 1 aromatic carbocycles. The molecule has 146 valence electrons. The standard InChI is InChI=1S/C23H27N3O2/c1-16-22(23(27)28-17(2)19-7-10-24-11-8-19)20-15-18(5-6-21(20)25-16)9-14-26-12-3-4-13-26/h5-8,10-11,15,17,25H,3-4,9,12-14H2,1-2H3. The highest BCUT2D eigenvalue weighted by Gasteiger charge is 2.21. The molecule has 0 bridgehead atoms. The number of H-pyrrole nitrogens is 1. The van der Waals surface area contributed by atoms with Gasteiger partial charge in [-0.3, -0.25) is 4.98 Å². The molecule has 1 saturated heterocycles. The fourth-order valence-corrected chi connectivity index (χ4v) is 4.01. The van der Waals surface area contributed by atoms with E-state index in [1.165, 1.54) is 31.5 Å². The van der Waals surface area contributed by atoms with Crippen LogP contribution in [0.15, 0.2) is 42.7 Å². The zero-order valence-corrected chi connectivity index (χ0v) is 16.6. The predicted molar refractivity (Wildman–Crippen MR) is 110 cm³/mol. The number of fused-ring (bicyclic) bond motifs is 1. The predicted octanol–water partition coefficient (Wildman–Crippen LogP) is 4.43. The van der Waals surface area contributed by atoms with E-state index in [9.17, 15) is 4.79 Å². The van der Waals surface area contributed by atoms with Gasteiger partial charge in [0, 0.05) is 35.5 Å². The van der Waals surface area contributed by atoms with Gasteiger partial charge in [-0.25, -0.2) is 4.79 Å². The summed E-state index contributed by atoms with van der Waals surface area (Å²) in [7, 11) is 0. The summed E-state index contributed by atoms with van der Waals surface area (Å²) in [5.41, 5.74) is 4.66. The molecule has 0 radical (unpaired) electrons. The highest BCUT2D eigenvalue weighted by Crippen LogP contribution is 2.27. The number of hydrogen-bond donors (Lipinski definition) is 1. The molecule has 1 atom stereocenters. The third-order valence-electron chi connectivity index (χ3n) is 5.63. The molecule has 5 heteroatoms. The summed E-state index contributed by atoms with van der Waals surface area (Å²) < 4.78 is 5.76. The number of rotatable bonds is 6. The maximum Gasteiger partial charge on any atom is 0.341 e. The molecule has 2 aromatic heterocycles. The number of esters is 1. The molecule has 28 heavy (non-hydrogen) atoms. The lowest BCUT2D eigenvalue weighted by molar-refractivity contribution is 0.0339. The van der Waals surface area contributed by atoms with E-state index in [0.717, 1.165) is 35.1 Å². The van der Waals surface area contributed by atoms with Crippen LogP contribution in [0, 0.1) is 6.92 Å². The van der Waals surface area contributed by atoms with Crippen LogP contribution in [-0.4, -0.2) is 40.5 Å². The molecule has 1 fully saturated rings. The number of aromatic nitrogens is 2. The molecule has 3 aromatic rings. The minimum atomic E-state index is -0.321. The van der Waals surface area contributed by atoms with Crippen molar-refractivity contribution in [3.05, 3.63) is 65.1 Å². The van der Waals surface area contributed by atoms with Crippen molar-refractivity contribution in [3.8, 4) is 0 Å². The average molecular weight is 377 g/mol. The number of benzene rings is 1. The minimum Gasteiger partial charge on any atom is -0.454 e. The van der Waals surface area contributed by atoms with Gasteiger partial charge in [0.15, 0.2) is 0 Å². The Morgan fingerprint density at radius 1 is 1.21 bits per heavy atom. The molecule has 5 nitrogen and oxygen atoms in total. The number of carbonyl (C=O) groups excluding carboxylic acids is 1. The molecule has 0 aliphatic carbocycles. The molecule has 1 N–H and O–H groups in total. The zero-order chi connectivity index (χ0) is 19.5. The molecule has 0 saturated carbocycles. The Kier molecular flexibility index (Phi) is 5.44. The van der Waals surface area contributed by atoms with Crippen LogP contribution in [0.4, 0.5) is 0 Å². The van der Waals surface area contributed by atoms with E-state index in [2.05, 4.69) is 33.1 Å². The third-order valence-corrected chi connectivity index (χ3v) is 5.63. The van der Waals surface area contributed by atoms with Crippen molar-refractivity contribution in [3.63, 3.8) is 0 Å². The number of aromatic amines is 1. The van der Waals surface area contributed by atoms with Crippen molar-refractivity contribution in [1.82, 2.24) is 14.9 Å². The number of nitrogens with zero attached hydrogens (tertiary/aromatic N) is 2. The molecule has 4 rings (SSSR count). The van der Waals surface area contributed by atoms with Crippen LogP contribution in [0.25, 0.3) is 10.9 Å². The van der Waals surface area contributed by atoms with E-state index in [0.29, 0.717) is 5.56 Å². The summed E-state index contributed by atoms with van der Waals surface area (Å²) in [6.07, 6.45) is 6.72. The Morgan fingerprint density at radius 3 is 2.71 bits per heavy atom. The van der Waals surface area contributed by atoms with Crippen LogP contribution in [0.5, 0.6) is 0 Å². The average Bonchev–Trinajstić information content (AvgIpc) is 3.33. The maximum absolute atomic E-state index is 12.9. The lowest BCUT2D eigenvalue weighted by Crippen LogP contribution is -2.21. The first kappa shape index (κ1) is 18.7. The van der Waals surface area contributed by atoms with Gasteiger partial charge in [-0.2, -0.15) is 0 Å². The lowest BCUT2D eigenvalue weighted by atomic mass is 10.1. The summed E-state index contributed by atoms with van der Waals surface area (Å²) in [4.78, 5) is 22.8. The summed E-state index contributed by atoms with van der Waals surface area (Å²) in [5.74, 6) is -0.287. The van der Waals surface area contributed by atoms with Gasteiger partial charge in [-0.05, 0) is 81.6 Å². The second kappa shape index (κ2) is 8.15. The molecule has 1 aliphatic rings. The number of nitrogens with one attached hydrogen (secondary N) is 1. The maximum atomic E-state index is 12.9. The number of likely N-dealkylation sites (tertiary alicyclic amines) is 1. The number of pyridine rings is 1. The number of aryl methyl sites for hydroxylation is 1. The summed E-state index contributed by atoms with van der Waals surface area (Å²) in [5, 5.41) is 0.948. The van der Waals surface area contributed by atoms with E-state index >= 15 is 0 Å². The van der Waals surface area contributed by atoms with Gasteiger partial charge in [0.25, 0.3) is 0 Å². The largest absolute Gasteiger partial charge is 0.454 e. The second-order valence-electron chi connectivity index (χ2n) is 7.63. The molecule has 1 aliphatic heterocycles. The SMILES string of the molecule is Cc1[nH]c2ccc(CCN3CCCC3)cc2c1C(=O)OC(C)c1ccncc1. The van der Waals surface area contributed by atoms with Crippen molar-refractivity contribution < 1.29 is 9.53 Å². The first-order valence-corrected chi connectivity index (χ1v) is 10.1. The van der Waals surface area contributed by atoms with Gasteiger partial charge < -0.3 is 14.6 Å². The van der Waals surface area contributed by atoms with Crippen LogP contribution in [0.2, 0.25) is 0 Å². The van der Waals surface area contributed by atoms with Crippen LogP contribution >= 0.6 is 0 Å². The monoisotopic (exact) mass is 377 g/mol. The van der Waals surface area contributed by atoms with Crippen molar-refractivity contribution >= 4 is 16.9 Å². The van der Waals surface area contributed by atoms with E-state index in [1.807, 2.05) is 26.0 Å². The number of ether oxygens (including phenoxy) is 1. The number of hydrogen-bond acceptors (Lipinski definition) is 4. The van der Waals surface area contributed by atoms with Crippen LogP contribution in [-0.2, 0) is 11.2 Å². The van der Waals surface area contributed by atoms with Crippen LogP contribution in [0.3, 0.4) is 0 Å². The lowest BCUT2D eigenvalue weighted by Gasteiger charge is -2.15. The fraction of sp³-hybridized carbons (Fsp3) is 0.391. The van der Waals surface area contributed by atoms with Gasteiger partial charge in [-0.1, -0.05) is 6.07 Å². The zero-order valence-electron chi connectivity index (χ0n) is 16.6. The van der Waals surface area contributed by atoms with Gasteiger partial charge in [0.2, 0.25) is 0 Å². The Bertz CT molecular complexity index is 959. The molecule has 0 amide bonds. The second-order valence-corrected chi connectivity index (χ2v) is 7.63. The molecular weight excluding hydrogens is 350 g/mol. The highest BCUT2D eigenvalue weighted by atomic mass is 16.5. The summed E-state index contributed by atoms with van der Waals surface area (Å²) >= 11 is 0. The van der Waals surface area contributed by atoms with E-state index in [4.69, 9.17) is 4.74 Å². The number of carbonyl (C=O) groups is 1. The Balaban J connectivity index is 1.54. The molecule has 3 heterocycles. The van der Waals surface area contributed by atoms with Crippen molar-refractivity contribution in [2.24, 2.45) is 0 Å². The Morgan fingerprint density at radius 2 is 1.96 bits per heavy atom. The fourth-order valence-electron chi connectivity index (χ4n) is 4.01. The summed E-state index contributed by atoms with van der Waals surface area (Å²) in [6.45, 7) is 7.30. The highest BCUT2D eigenvalue weighted by molar-refractivity contribution is 6.05. The van der Waals surface area contributed by atoms with Crippen LogP contribution < -0.4 is 0 Å². The molecule has 0 spiro atoms. The van der Waals surface area contributed by atoms with Gasteiger partial charge in [0.05, 0.1) is 5.56 Å². The summed E-state index contributed by atoms with van der Waals surface area (Å²) in [6, 6.07) is 10.1. The Labute approximate surface area is 165 Å². The van der Waals surface area contributed by atoms with Crippen molar-refractivity contribution in [2.75, 3.05) is 19.6 Å². The minimum absolute atomic E-state index is 0.287. The quantitative estimate of drug-likeness (QED) is 0.646. The van der Waals surface area contributed by atoms with Crippen LogP contribution in [0.1, 0.15) is 53.0 Å². The van der Waals surface area contributed by atoms with Gasteiger partial charge >= 0.3 is 5.97 Å². The Hall–Kier alpha value is -2.66. The first-order valence-electron chi connectivity index (χ1n) is 10.1. The smallest absolute Gasteiger partial charge is 0.341 e. The van der Waals surface area contributed by atoms with E-state index in [-0.39, 0.29) is 12.1 Å². The topological polar surface area (TPSA) is 58.2 Å². The van der Waals surface area contributed by atoms with E-state index < -0.39 is 0 Å². The van der Waals surface area contributed by atoms with Crippen molar-refractivity contribution in [2.45, 2.75) is 39.2 Å². The molecular formula is C23H27N3O2. The van der Waals surface area contributed by atoms with Crippen molar-refractivity contribution in [1.29, 1.82) is 0 Å². The van der Waals surface area contributed by atoms with Gasteiger partial charge in [0.1, 0.15) is 6.10 Å².